The molecule has 0 saturated carbocycles. The van der Waals surface area contributed by atoms with Gasteiger partial charge in [0.05, 0.1) is 0 Å². The second-order valence-electron chi connectivity index (χ2n) is 5.89. The Labute approximate surface area is 128 Å². The van der Waals surface area contributed by atoms with Crippen molar-refractivity contribution in [3.05, 3.63) is 22.7 Å². The zero-order chi connectivity index (χ0) is 15.5. The summed E-state index contributed by atoms with van der Waals surface area (Å²) in [5.41, 5.74) is 5.38. The fraction of sp³-hybridized carbons (Fsp3) is 0.765. The third-order valence-corrected chi connectivity index (χ3v) is 4.03. The molecule has 1 aromatic heterocycles. The van der Waals surface area contributed by atoms with E-state index >= 15 is 0 Å². The van der Waals surface area contributed by atoms with Gasteiger partial charge in [0.25, 0.3) is 0 Å². The van der Waals surface area contributed by atoms with Crippen molar-refractivity contribution in [2.75, 3.05) is 5.73 Å². The first-order valence-corrected chi connectivity index (χ1v) is 8.53. The molecule has 0 aromatic carbocycles. The lowest BCUT2D eigenvalue weighted by molar-refractivity contribution is 0.385. The highest BCUT2D eigenvalue weighted by atomic mass is 16.1. The van der Waals surface area contributed by atoms with Crippen molar-refractivity contribution in [1.29, 1.82) is 0 Å². The fourth-order valence-electron chi connectivity index (χ4n) is 2.74. The normalized spacial score (nSPS) is 12.5. The number of rotatable bonds is 11. The molecule has 1 unspecified atom stereocenters. The monoisotopic (exact) mass is 293 g/mol. The SMILES string of the molecule is CCCCCCCC(CCCCC)n1ccc(N)nc1=O. The minimum atomic E-state index is -0.204. The molecule has 4 nitrogen and oxygen atoms in total. The number of nitrogen functional groups attached to an aromatic ring is 1. The number of nitrogens with two attached hydrogens (primary N) is 1. The molecule has 0 bridgehead atoms. The van der Waals surface area contributed by atoms with E-state index in [1.165, 1.54) is 51.4 Å². The fourth-order valence-corrected chi connectivity index (χ4v) is 2.74. The Morgan fingerprint density at radius 3 is 2.24 bits per heavy atom. The lowest BCUT2D eigenvalue weighted by Crippen LogP contribution is -2.27. The molecule has 2 N–H and O–H groups in total. The van der Waals surface area contributed by atoms with E-state index in [2.05, 4.69) is 18.8 Å². The molecule has 120 valence electrons. The summed E-state index contributed by atoms with van der Waals surface area (Å²) in [6.07, 6.45) is 13.9. The summed E-state index contributed by atoms with van der Waals surface area (Å²) in [7, 11) is 0. The van der Waals surface area contributed by atoms with Gasteiger partial charge < -0.3 is 5.73 Å². The highest BCUT2D eigenvalue weighted by Gasteiger charge is 2.12. The minimum Gasteiger partial charge on any atom is -0.383 e. The van der Waals surface area contributed by atoms with Crippen molar-refractivity contribution < 1.29 is 0 Å². The van der Waals surface area contributed by atoms with Crippen LogP contribution in [-0.2, 0) is 0 Å². The van der Waals surface area contributed by atoms with E-state index in [1.54, 1.807) is 10.6 Å². The van der Waals surface area contributed by atoms with E-state index in [9.17, 15) is 4.79 Å². The summed E-state index contributed by atoms with van der Waals surface area (Å²) in [5, 5.41) is 0. The average Bonchev–Trinajstić information content (AvgIpc) is 2.46. The molecule has 0 radical (unpaired) electrons. The summed E-state index contributed by atoms with van der Waals surface area (Å²) in [4.78, 5) is 15.9. The smallest absolute Gasteiger partial charge is 0.349 e. The van der Waals surface area contributed by atoms with E-state index < -0.39 is 0 Å². The number of aromatic nitrogens is 2. The van der Waals surface area contributed by atoms with Crippen LogP contribution in [-0.4, -0.2) is 9.55 Å². The molecule has 1 aromatic rings. The molecule has 1 heterocycles. The highest BCUT2D eigenvalue weighted by Crippen LogP contribution is 2.21. The molecule has 1 atom stereocenters. The van der Waals surface area contributed by atoms with Crippen LogP contribution in [0.4, 0.5) is 5.82 Å². The second kappa shape index (κ2) is 10.4. The highest BCUT2D eigenvalue weighted by molar-refractivity contribution is 5.23. The van der Waals surface area contributed by atoms with Crippen molar-refractivity contribution >= 4 is 5.82 Å². The molecule has 0 aliphatic rings. The van der Waals surface area contributed by atoms with E-state index in [0.29, 0.717) is 5.82 Å². The van der Waals surface area contributed by atoms with Crippen LogP contribution >= 0.6 is 0 Å². The van der Waals surface area contributed by atoms with Crippen molar-refractivity contribution in [3.63, 3.8) is 0 Å². The van der Waals surface area contributed by atoms with Crippen LogP contribution in [0.3, 0.4) is 0 Å². The van der Waals surface area contributed by atoms with Gasteiger partial charge in [0.1, 0.15) is 5.82 Å². The Balaban J connectivity index is 2.60. The van der Waals surface area contributed by atoms with E-state index in [-0.39, 0.29) is 11.7 Å². The molecular formula is C17H31N3O. The van der Waals surface area contributed by atoms with Gasteiger partial charge in [-0.3, -0.25) is 4.57 Å². The van der Waals surface area contributed by atoms with Gasteiger partial charge in [-0.05, 0) is 18.9 Å². The van der Waals surface area contributed by atoms with Gasteiger partial charge in [0, 0.05) is 12.2 Å². The largest absolute Gasteiger partial charge is 0.383 e. The van der Waals surface area contributed by atoms with Gasteiger partial charge in [-0.1, -0.05) is 65.2 Å². The third-order valence-electron chi connectivity index (χ3n) is 4.03. The van der Waals surface area contributed by atoms with Gasteiger partial charge >= 0.3 is 5.69 Å². The van der Waals surface area contributed by atoms with Crippen LogP contribution in [0.1, 0.15) is 84.1 Å². The lowest BCUT2D eigenvalue weighted by Gasteiger charge is -2.19. The maximum Gasteiger partial charge on any atom is 0.349 e. The van der Waals surface area contributed by atoms with Crippen LogP contribution in [0, 0.1) is 0 Å². The molecule has 0 saturated heterocycles. The molecule has 4 heteroatoms. The predicted molar refractivity (Wildman–Crippen MR) is 89.5 cm³/mol. The van der Waals surface area contributed by atoms with E-state index in [0.717, 1.165) is 12.8 Å². The summed E-state index contributed by atoms with van der Waals surface area (Å²) in [5.74, 6) is 0.312. The van der Waals surface area contributed by atoms with Crippen LogP contribution in [0.25, 0.3) is 0 Å². The van der Waals surface area contributed by atoms with Gasteiger partial charge in [0.15, 0.2) is 0 Å². The Morgan fingerprint density at radius 1 is 1.05 bits per heavy atom. The van der Waals surface area contributed by atoms with Gasteiger partial charge in [-0.25, -0.2) is 4.79 Å². The summed E-state index contributed by atoms with van der Waals surface area (Å²) >= 11 is 0. The summed E-state index contributed by atoms with van der Waals surface area (Å²) in [6, 6.07) is 2.00. The number of hydrogen-bond donors (Lipinski definition) is 1. The molecule has 0 aliphatic carbocycles. The zero-order valence-corrected chi connectivity index (χ0v) is 13.7. The van der Waals surface area contributed by atoms with Gasteiger partial charge in [-0.15, -0.1) is 0 Å². The standard InChI is InChI=1S/C17H31N3O/c1-3-5-7-8-10-12-15(11-9-6-4-2)20-14-13-16(18)19-17(20)21/h13-15H,3-12H2,1-2H3,(H2,18,19,21). The number of unbranched alkanes of at least 4 members (excludes halogenated alkanes) is 6. The van der Waals surface area contributed by atoms with Crippen molar-refractivity contribution in [1.82, 2.24) is 9.55 Å². The molecule has 0 amide bonds. The maximum absolute atomic E-state index is 12.0. The molecule has 0 fully saturated rings. The Kier molecular flexibility index (Phi) is 8.79. The number of hydrogen-bond acceptors (Lipinski definition) is 3. The summed E-state index contributed by atoms with van der Waals surface area (Å²) in [6.45, 7) is 4.43. The molecule has 21 heavy (non-hydrogen) atoms. The zero-order valence-electron chi connectivity index (χ0n) is 13.7. The van der Waals surface area contributed by atoms with Crippen LogP contribution in [0.2, 0.25) is 0 Å². The quantitative estimate of drug-likeness (QED) is 0.618. The Bertz CT molecular complexity index is 442. The van der Waals surface area contributed by atoms with E-state index in [1.807, 2.05) is 6.20 Å². The van der Waals surface area contributed by atoms with Crippen LogP contribution in [0.5, 0.6) is 0 Å². The first-order chi connectivity index (χ1) is 10.2. The van der Waals surface area contributed by atoms with Crippen LogP contribution in [0.15, 0.2) is 17.1 Å². The first kappa shape index (κ1) is 17.7. The average molecular weight is 293 g/mol. The lowest BCUT2D eigenvalue weighted by atomic mass is 10.0. The topological polar surface area (TPSA) is 60.9 Å². The Morgan fingerprint density at radius 2 is 1.62 bits per heavy atom. The first-order valence-electron chi connectivity index (χ1n) is 8.53. The second-order valence-corrected chi connectivity index (χ2v) is 5.89. The van der Waals surface area contributed by atoms with Crippen molar-refractivity contribution in [2.45, 2.75) is 84.1 Å². The molecule has 1 rings (SSSR count). The Hall–Kier alpha value is -1.32. The third kappa shape index (κ3) is 6.78. The minimum absolute atomic E-state index is 0.204. The molecule has 0 aliphatic heterocycles. The predicted octanol–water partition coefficient (Wildman–Crippen LogP) is 4.31. The number of anilines is 1. The van der Waals surface area contributed by atoms with Crippen LogP contribution < -0.4 is 11.4 Å². The van der Waals surface area contributed by atoms with Gasteiger partial charge in [0.2, 0.25) is 0 Å². The summed E-state index contributed by atoms with van der Waals surface area (Å²) < 4.78 is 1.78. The van der Waals surface area contributed by atoms with Crippen molar-refractivity contribution in [2.24, 2.45) is 0 Å². The number of nitrogens with zero attached hydrogens (tertiary/aromatic N) is 2. The molecular weight excluding hydrogens is 262 g/mol. The van der Waals surface area contributed by atoms with Crippen molar-refractivity contribution in [3.8, 4) is 0 Å². The molecule has 0 spiro atoms. The maximum atomic E-state index is 12.0. The van der Waals surface area contributed by atoms with Gasteiger partial charge in [-0.2, -0.15) is 4.98 Å². The van der Waals surface area contributed by atoms with E-state index in [4.69, 9.17) is 5.73 Å².